The molecule has 3 atom stereocenters. The van der Waals surface area contributed by atoms with Crippen molar-refractivity contribution in [2.24, 2.45) is 23.6 Å². The molecule has 0 heterocycles. The Kier molecular flexibility index (Phi) is 4.83. The Labute approximate surface area is 116 Å². The minimum Gasteiger partial charge on any atom is -0.497 e. The number of nitrogens with one attached hydrogen (secondary N) is 1. The van der Waals surface area contributed by atoms with Crippen LogP contribution >= 0.6 is 0 Å². The maximum Gasteiger partial charge on any atom is 0.119 e. The summed E-state index contributed by atoms with van der Waals surface area (Å²) in [5.41, 5.74) is 4.25. The molecule has 3 N–H and O–H groups in total. The van der Waals surface area contributed by atoms with Crippen molar-refractivity contribution in [2.75, 3.05) is 7.11 Å². The summed E-state index contributed by atoms with van der Waals surface area (Å²) in [4.78, 5) is 0. The van der Waals surface area contributed by atoms with Crippen LogP contribution in [0.2, 0.25) is 0 Å². The number of nitrogens with two attached hydrogens (primary N) is 1. The third kappa shape index (κ3) is 3.48. The van der Waals surface area contributed by atoms with Crippen LogP contribution in [0.25, 0.3) is 0 Å². The number of hydrogen-bond acceptors (Lipinski definition) is 3. The van der Waals surface area contributed by atoms with Crippen molar-refractivity contribution in [2.45, 2.75) is 39.2 Å². The van der Waals surface area contributed by atoms with E-state index in [4.69, 9.17) is 10.6 Å². The van der Waals surface area contributed by atoms with Crippen LogP contribution in [0.15, 0.2) is 24.3 Å². The van der Waals surface area contributed by atoms with E-state index in [-0.39, 0.29) is 6.04 Å². The standard InChI is InChI=1S/C16H26N2O/c1-11-7-12(2)9-14(8-11)16(18-17)13-5-4-6-15(10-13)19-3/h4-6,10-12,14,16,18H,7-9,17H2,1-3H3. The van der Waals surface area contributed by atoms with Crippen LogP contribution in [0, 0.1) is 17.8 Å². The molecule has 3 heteroatoms. The SMILES string of the molecule is COc1cccc(C(NN)C2CC(C)CC(C)C2)c1. The van der Waals surface area contributed by atoms with Gasteiger partial charge in [0.2, 0.25) is 0 Å². The summed E-state index contributed by atoms with van der Waals surface area (Å²) in [6.07, 6.45) is 3.83. The van der Waals surface area contributed by atoms with Gasteiger partial charge in [-0.05, 0) is 54.7 Å². The number of hydrogen-bond donors (Lipinski definition) is 2. The molecule has 0 saturated heterocycles. The molecule has 0 amide bonds. The molecule has 106 valence electrons. The van der Waals surface area contributed by atoms with Crippen LogP contribution in [0.5, 0.6) is 5.75 Å². The van der Waals surface area contributed by atoms with Crippen LogP contribution in [0.3, 0.4) is 0 Å². The van der Waals surface area contributed by atoms with Crippen molar-refractivity contribution in [3.05, 3.63) is 29.8 Å². The minimum atomic E-state index is 0.222. The molecule has 0 aliphatic heterocycles. The summed E-state index contributed by atoms with van der Waals surface area (Å²) in [6, 6.07) is 8.46. The maximum absolute atomic E-state index is 5.83. The van der Waals surface area contributed by atoms with Gasteiger partial charge in [0.25, 0.3) is 0 Å². The Morgan fingerprint density at radius 3 is 2.47 bits per heavy atom. The van der Waals surface area contributed by atoms with Crippen molar-refractivity contribution < 1.29 is 4.74 Å². The highest BCUT2D eigenvalue weighted by molar-refractivity contribution is 5.31. The van der Waals surface area contributed by atoms with Crippen LogP contribution in [-0.4, -0.2) is 7.11 Å². The Morgan fingerprint density at radius 2 is 1.89 bits per heavy atom. The van der Waals surface area contributed by atoms with Crippen molar-refractivity contribution in [3.63, 3.8) is 0 Å². The molecule has 0 spiro atoms. The van der Waals surface area contributed by atoms with E-state index in [0.29, 0.717) is 5.92 Å². The average molecular weight is 262 g/mol. The van der Waals surface area contributed by atoms with Crippen molar-refractivity contribution in [1.29, 1.82) is 0 Å². The van der Waals surface area contributed by atoms with Gasteiger partial charge in [-0.1, -0.05) is 26.0 Å². The summed E-state index contributed by atoms with van der Waals surface area (Å²) in [5.74, 6) is 8.91. The van der Waals surface area contributed by atoms with Crippen molar-refractivity contribution in [3.8, 4) is 5.75 Å². The van der Waals surface area contributed by atoms with E-state index in [9.17, 15) is 0 Å². The Hall–Kier alpha value is -1.06. The van der Waals surface area contributed by atoms with Crippen molar-refractivity contribution >= 4 is 0 Å². The van der Waals surface area contributed by atoms with Gasteiger partial charge in [0.15, 0.2) is 0 Å². The normalized spacial score (nSPS) is 28.9. The molecule has 3 unspecified atom stereocenters. The zero-order valence-corrected chi connectivity index (χ0v) is 12.2. The monoisotopic (exact) mass is 262 g/mol. The molecule has 1 aliphatic rings. The first-order valence-electron chi connectivity index (χ1n) is 7.24. The zero-order chi connectivity index (χ0) is 13.8. The zero-order valence-electron chi connectivity index (χ0n) is 12.2. The lowest BCUT2D eigenvalue weighted by Crippen LogP contribution is -2.37. The summed E-state index contributed by atoms with van der Waals surface area (Å²) in [7, 11) is 1.70. The summed E-state index contributed by atoms with van der Waals surface area (Å²) in [5, 5.41) is 0. The number of benzene rings is 1. The van der Waals surface area contributed by atoms with E-state index in [1.165, 1.54) is 24.8 Å². The first-order chi connectivity index (χ1) is 9.13. The minimum absolute atomic E-state index is 0.222. The van der Waals surface area contributed by atoms with Crippen LogP contribution < -0.4 is 16.0 Å². The second-order valence-corrected chi connectivity index (χ2v) is 6.10. The van der Waals surface area contributed by atoms with Crippen LogP contribution in [0.1, 0.15) is 44.7 Å². The van der Waals surface area contributed by atoms with Gasteiger partial charge in [-0.15, -0.1) is 0 Å². The van der Waals surface area contributed by atoms with Gasteiger partial charge >= 0.3 is 0 Å². The van der Waals surface area contributed by atoms with Gasteiger partial charge < -0.3 is 4.74 Å². The molecule has 1 aliphatic carbocycles. The molecule has 19 heavy (non-hydrogen) atoms. The molecule has 0 aromatic heterocycles. The largest absolute Gasteiger partial charge is 0.497 e. The quantitative estimate of drug-likeness (QED) is 0.646. The van der Waals surface area contributed by atoms with E-state index in [2.05, 4.69) is 31.4 Å². The molecule has 2 rings (SSSR count). The topological polar surface area (TPSA) is 47.3 Å². The molecule has 0 bridgehead atoms. The molecule has 0 radical (unpaired) electrons. The first-order valence-corrected chi connectivity index (χ1v) is 7.24. The number of hydrazine groups is 1. The molecule has 1 aromatic rings. The molecule has 1 saturated carbocycles. The third-order valence-corrected chi connectivity index (χ3v) is 4.32. The van der Waals surface area contributed by atoms with Gasteiger partial charge in [0, 0.05) is 6.04 Å². The Morgan fingerprint density at radius 1 is 1.21 bits per heavy atom. The summed E-state index contributed by atoms with van der Waals surface area (Å²) >= 11 is 0. The lowest BCUT2D eigenvalue weighted by Gasteiger charge is -2.36. The van der Waals surface area contributed by atoms with E-state index in [1.54, 1.807) is 7.11 Å². The van der Waals surface area contributed by atoms with E-state index in [0.717, 1.165) is 17.6 Å². The predicted octanol–water partition coefficient (Wildman–Crippen LogP) is 3.27. The lowest BCUT2D eigenvalue weighted by molar-refractivity contribution is 0.177. The molecule has 1 fully saturated rings. The Bertz CT molecular complexity index is 397. The smallest absolute Gasteiger partial charge is 0.119 e. The molecule has 3 nitrogen and oxygen atoms in total. The van der Waals surface area contributed by atoms with E-state index >= 15 is 0 Å². The fourth-order valence-corrected chi connectivity index (χ4v) is 3.62. The Balaban J connectivity index is 2.18. The van der Waals surface area contributed by atoms with E-state index < -0.39 is 0 Å². The first kappa shape index (κ1) is 14.4. The van der Waals surface area contributed by atoms with Gasteiger partial charge in [0.1, 0.15) is 5.75 Å². The fourth-order valence-electron chi connectivity index (χ4n) is 3.62. The number of ether oxygens (including phenoxy) is 1. The highest BCUT2D eigenvalue weighted by Gasteiger charge is 2.30. The predicted molar refractivity (Wildman–Crippen MR) is 78.7 cm³/mol. The third-order valence-electron chi connectivity index (χ3n) is 4.32. The van der Waals surface area contributed by atoms with Gasteiger partial charge in [-0.2, -0.15) is 0 Å². The van der Waals surface area contributed by atoms with Crippen molar-refractivity contribution in [1.82, 2.24) is 5.43 Å². The lowest BCUT2D eigenvalue weighted by atomic mass is 9.72. The molecule has 1 aromatic carbocycles. The van der Waals surface area contributed by atoms with Crippen LogP contribution in [0.4, 0.5) is 0 Å². The summed E-state index contributed by atoms with van der Waals surface area (Å²) in [6.45, 7) is 4.70. The van der Waals surface area contributed by atoms with E-state index in [1.807, 2.05) is 12.1 Å². The van der Waals surface area contributed by atoms with Crippen LogP contribution in [-0.2, 0) is 0 Å². The number of methoxy groups -OCH3 is 1. The average Bonchev–Trinajstić information content (AvgIpc) is 2.39. The highest BCUT2D eigenvalue weighted by Crippen LogP contribution is 2.39. The molecular formula is C16H26N2O. The van der Waals surface area contributed by atoms with Gasteiger partial charge in [-0.3, -0.25) is 11.3 Å². The van der Waals surface area contributed by atoms with Gasteiger partial charge in [-0.25, -0.2) is 0 Å². The van der Waals surface area contributed by atoms with Gasteiger partial charge in [0.05, 0.1) is 7.11 Å². The number of rotatable bonds is 4. The summed E-state index contributed by atoms with van der Waals surface area (Å²) < 4.78 is 5.31. The fraction of sp³-hybridized carbons (Fsp3) is 0.625. The second kappa shape index (κ2) is 6.40. The maximum atomic E-state index is 5.83. The highest BCUT2D eigenvalue weighted by atomic mass is 16.5. The second-order valence-electron chi connectivity index (χ2n) is 6.10. The molecular weight excluding hydrogens is 236 g/mol.